The van der Waals surface area contributed by atoms with Crippen LogP contribution in [0.2, 0.25) is 5.02 Å². The first kappa shape index (κ1) is 12.9. The van der Waals surface area contributed by atoms with Crippen LogP contribution in [0.4, 0.5) is 0 Å². The summed E-state index contributed by atoms with van der Waals surface area (Å²) < 4.78 is 1.61. The van der Waals surface area contributed by atoms with Crippen molar-refractivity contribution in [2.75, 3.05) is 0 Å². The van der Waals surface area contributed by atoms with E-state index < -0.39 is 0 Å². The van der Waals surface area contributed by atoms with Gasteiger partial charge in [-0.05, 0) is 43.7 Å². The van der Waals surface area contributed by atoms with E-state index in [4.69, 9.17) is 11.6 Å². The molecule has 4 heteroatoms. The molecule has 0 fully saturated rings. The van der Waals surface area contributed by atoms with Crippen LogP contribution in [0.1, 0.15) is 11.3 Å². The molecule has 0 amide bonds. The van der Waals surface area contributed by atoms with Crippen molar-refractivity contribution in [1.29, 1.82) is 0 Å². The standard InChI is InChI=1S/C16H13ClN2O/c1-10-14(17)9-8-13-11(2)18-16(20)19(15(10)13)12-6-4-3-5-7-12/h3-9H,1-2H3. The Labute approximate surface area is 121 Å². The van der Waals surface area contributed by atoms with Gasteiger partial charge in [0.05, 0.1) is 16.9 Å². The maximum Gasteiger partial charge on any atom is 0.352 e. The summed E-state index contributed by atoms with van der Waals surface area (Å²) >= 11 is 6.22. The van der Waals surface area contributed by atoms with Crippen LogP contribution < -0.4 is 5.69 Å². The molecule has 0 N–H and O–H groups in total. The number of hydrogen-bond donors (Lipinski definition) is 0. The number of aryl methyl sites for hydroxylation is 2. The summed E-state index contributed by atoms with van der Waals surface area (Å²) in [6.45, 7) is 3.76. The van der Waals surface area contributed by atoms with E-state index in [-0.39, 0.29) is 5.69 Å². The summed E-state index contributed by atoms with van der Waals surface area (Å²) in [6, 6.07) is 13.2. The molecule has 3 rings (SSSR count). The van der Waals surface area contributed by atoms with E-state index in [2.05, 4.69) is 4.98 Å². The molecule has 2 aromatic carbocycles. The first-order chi connectivity index (χ1) is 9.59. The van der Waals surface area contributed by atoms with Crippen LogP contribution in [0.5, 0.6) is 0 Å². The minimum atomic E-state index is -0.286. The molecule has 100 valence electrons. The normalized spacial score (nSPS) is 10.9. The molecule has 0 atom stereocenters. The monoisotopic (exact) mass is 284 g/mol. The smallest absolute Gasteiger partial charge is 0.260 e. The number of nitrogens with zero attached hydrogens (tertiary/aromatic N) is 2. The molecule has 0 radical (unpaired) electrons. The van der Waals surface area contributed by atoms with Gasteiger partial charge in [0.1, 0.15) is 0 Å². The largest absolute Gasteiger partial charge is 0.352 e. The Bertz CT molecular complexity index is 854. The van der Waals surface area contributed by atoms with Gasteiger partial charge in [0, 0.05) is 10.4 Å². The molecule has 0 aliphatic rings. The van der Waals surface area contributed by atoms with E-state index in [1.807, 2.05) is 56.3 Å². The average molecular weight is 285 g/mol. The molecule has 1 aromatic heterocycles. The summed E-state index contributed by atoms with van der Waals surface area (Å²) in [5.41, 5.74) is 2.93. The second-order valence-electron chi connectivity index (χ2n) is 4.72. The Hall–Kier alpha value is -2.13. The molecule has 0 saturated heterocycles. The summed E-state index contributed by atoms with van der Waals surface area (Å²) in [4.78, 5) is 16.4. The van der Waals surface area contributed by atoms with E-state index in [0.29, 0.717) is 5.02 Å². The third kappa shape index (κ3) is 1.91. The maximum absolute atomic E-state index is 12.3. The lowest BCUT2D eigenvalue weighted by molar-refractivity contribution is 0.936. The lowest BCUT2D eigenvalue weighted by Crippen LogP contribution is -2.23. The topological polar surface area (TPSA) is 34.9 Å². The quantitative estimate of drug-likeness (QED) is 0.683. The lowest BCUT2D eigenvalue weighted by atomic mass is 10.1. The van der Waals surface area contributed by atoms with Crippen molar-refractivity contribution in [3.8, 4) is 5.69 Å². The Morgan fingerprint density at radius 3 is 2.45 bits per heavy atom. The molecule has 0 aliphatic heterocycles. The van der Waals surface area contributed by atoms with Gasteiger partial charge in [0.25, 0.3) is 0 Å². The Balaban J connectivity index is 2.55. The zero-order valence-corrected chi connectivity index (χ0v) is 12.0. The molecule has 0 saturated carbocycles. The molecule has 0 bridgehead atoms. The fourth-order valence-electron chi connectivity index (χ4n) is 2.42. The van der Waals surface area contributed by atoms with Crippen LogP contribution in [-0.2, 0) is 0 Å². The summed E-state index contributed by atoms with van der Waals surface area (Å²) in [6.07, 6.45) is 0. The second-order valence-corrected chi connectivity index (χ2v) is 5.13. The van der Waals surface area contributed by atoms with Gasteiger partial charge in [0.2, 0.25) is 0 Å². The zero-order chi connectivity index (χ0) is 14.3. The van der Waals surface area contributed by atoms with E-state index in [1.54, 1.807) is 4.57 Å². The predicted octanol–water partition coefficient (Wildman–Crippen LogP) is 3.66. The first-order valence-electron chi connectivity index (χ1n) is 6.33. The number of rotatable bonds is 1. The molecule has 0 spiro atoms. The average Bonchev–Trinajstić information content (AvgIpc) is 2.44. The number of halogens is 1. The highest BCUT2D eigenvalue weighted by atomic mass is 35.5. The van der Waals surface area contributed by atoms with E-state index in [1.165, 1.54) is 0 Å². The van der Waals surface area contributed by atoms with Gasteiger partial charge < -0.3 is 0 Å². The van der Waals surface area contributed by atoms with Crippen molar-refractivity contribution in [2.24, 2.45) is 0 Å². The highest BCUT2D eigenvalue weighted by Gasteiger charge is 2.13. The minimum Gasteiger partial charge on any atom is -0.260 e. The van der Waals surface area contributed by atoms with Gasteiger partial charge in [-0.1, -0.05) is 29.8 Å². The van der Waals surface area contributed by atoms with Crippen LogP contribution >= 0.6 is 11.6 Å². The molecule has 0 unspecified atom stereocenters. The van der Waals surface area contributed by atoms with Crippen molar-refractivity contribution >= 4 is 22.5 Å². The van der Waals surface area contributed by atoms with Crippen molar-refractivity contribution in [3.63, 3.8) is 0 Å². The van der Waals surface area contributed by atoms with Gasteiger partial charge in [-0.15, -0.1) is 0 Å². The highest BCUT2D eigenvalue weighted by Crippen LogP contribution is 2.27. The van der Waals surface area contributed by atoms with Crippen LogP contribution in [-0.4, -0.2) is 9.55 Å². The van der Waals surface area contributed by atoms with Crippen molar-refractivity contribution in [3.05, 3.63) is 69.2 Å². The molecular weight excluding hydrogens is 272 g/mol. The zero-order valence-electron chi connectivity index (χ0n) is 11.2. The number of fused-ring (bicyclic) bond motifs is 1. The first-order valence-corrected chi connectivity index (χ1v) is 6.71. The Morgan fingerprint density at radius 2 is 1.75 bits per heavy atom. The molecule has 20 heavy (non-hydrogen) atoms. The second kappa shape index (κ2) is 4.76. The predicted molar refractivity (Wildman–Crippen MR) is 81.8 cm³/mol. The van der Waals surface area contributed by atoms with Gasteiger partial charge in [-0.25, -0.2) is 4.79 Å². The summed E-state index contributed by atoms with van der Waals surface area (Å²) in [5, 5.41) is 1.59. The van der Waals surface area contributed by atoms with E-state index in [0.717, 1.165) is 27.8 Å². The SMILES string of the molecule is Cc1nc(=O)n(-c2ccccc2)c2c(C)c(Cl)ccc12. The van der Waals surface area contributed by atoms with Crippen molar-refractivity contribution in [1.82, 2.24) is 9.55 Å². The van der Waals surface area contributed by atoms with Crippen LogP contribution in [0.25, 0.3) is 16.6 Å². The van der Waals surface area contributed by atoms with E-state index >= 15 is 0 Å². The van der Waals surface area contributed by atoms with Crippen molar-refractivity contribution in [2.45, 2.75) is 13.8 Å². The molecular formula is C16H13ClN2O. The van der Waals surface area contributed by atoms with Crippen molar-refractivity contribution < 1.29 is 0 Å². The highest BCUT2D eigenvalue weighted by molar-refractivity contribution is 6.32. The minimum absolute atomic E-state index is 0.286. The Kier molecular flexibility index (Phi) is 3.07. The van der Waals surface area contributed by atoms with Gasteiger partial charge >= 0.3 is 5.69 Å². The maximum atomic E-state index is 12.3. The lowest BCUT2D eigenvalue weighted by Gasteiger charge is -2.14. The summed E-state index contributed by atoms with van der Waals surface area (Å²) in [5.74, 6) is 0. The molecule has 1 heterocycles. The third-order valence-corrected chi connectivity index (χ3v) is 3.86. The van der Waals surface area contributed by atoms with Gasteiger partial charge in [0.15, 0.2) is 0 Å². The van der Waals surface area contributed by atoms with Crippen LogP contribution in [0, 0.1) is 13.8 Å². The fraction of sp³-hybridized carbons (Fsp3) is 0.125. The number of aromatic nitrogens is 2. The molecule has 3 nitrogen and oxygen atoms in total. The van der Waals surface area contributed by atoms with Crippen LogP contribution in [0.15, 0.2) is 47.3 Å². The molecule has 0 aliphatic carbocycles. The van der Waals surface area contributed by atoms with Gasteiger partial charge in [-0.2, -0.15) is 4.98 Å². The molecule has 3 aromatic rings. The van der Waals surface area contributed by atoms with E-state index in [9.17, 15) is 4.79 Å². The number of hydrogen-bond acceptors (Lipinski definition) is 2. The van der Waals surface area contributed by atoms with Crippen LogP contribution in [0.3, 0.4) is 0 Å². The number of benzene rings is 2. The van der Waals surface area contributed by atoms with Gasteiger partial charge in [-0.3, -0.25) is 4.57 Å². The number of para-hydroxylation sites is 1. The fourth-order valence-corrected chi connectivity index (χ4v) is 2.57. The Morgan fingerprint density at radius 1 is 1.05 bits per heavy atom. The summed E-state index contributed by atoms with van der Waals surface area (Å²) in [7, 11) is 0. The third-order valence-electron chi connectivity index (χ3n) is 3.45.